The number of hydrogen-bond acceptors (Lipinski definition) is 8. The Morgan fingerprint density at radius 3 is 1.87 bits per heavy atom. The van der Waals surface area contributed by atoms with Crippen LogP contribution in [-0.2, 0) is 25.7 Å². The zero-order chi connectivity index (χ0) is 35.3. The Morgan fingerprint density at radius 2 is 1.43 bits per heavy atom. The van der Waals surface area contributed by atoms with Crippen molar-refractivity contribution in [2.75, 3.05) is 26.2 Å². The van der Waals surface area contributed by atoms with Crippen LogP contribution >= 0.6 is 0 Å². The maximum absolute atomic E-state index is 12.6. The number of amides is 1. The molecule has 0 aliphatic carbocycles. The van der Waals surface area contributed by atoms with Crippen molar-refractivity contribution in [2.45, 2.75) is 31.5 Å². The number of carbonyl (C=O) groups is 4. The first-order valence-electron chi connectivity index (χ1n) is 12.4. The number of carbonyl (C=O) groups excluding carboxylic acids is 1. The molecule has 256 valence electrons. The van der Waals surface area contributed by atoms with Gasteiger partial charge in [0.05, 0.1) is 23.9 Å². The number of ether oxygens (including phenoxy) is 1. The highest BCUT2D eigenvalue weighted by molar-refractivity contribution is 5.86. The molecule has 4 rings (SSSR count). The second kappa shape index (κ2) is 16.6. The van der Waals surface area contributed by atoms with Gasteiger partial charge in [-0.05, 0) is 37.2 Å². The van der Waals surface area contributed by atoms with Crippen molar-refractivity contribution >= 4 is 23.8 Å². The summed E-state index contributed by atoms with van der Waals surface area (Å²) in [6.07, 6.45) is -9.14. The molecule has 1 amide bonds. The van der Waals surface area contributed by atoms with E-state index in [4.69, 9.17) is 34.4 Å². The number of carboxylic acid groups (broad SMARTS) is 3. The topological polar surface area (TPSA) is 179 Å². The Morgan fingerprint density at radius 1 is 0.891 bits per heavy atom. The van der Waals surface area contributed by atoms with Crippen LogP contribution in [0.5, 0.6) is 5.75 Å². The van der Waals surface area contributed by atoms with E-state index in [1.807, 2.05) is 36.5 Å². The Kier molecular flexibility index (Phi) is 14.2. The number of aromatic nitrogens is 2. The van der Waals surface area contributed by atoms with Crippen molar-refractivity contribution in [3.05, 3.63) is 54.6 Å². The number of aliphatic carboxylic acids is 3. The normalized spacial score (nSPS) is 19.3. The minimum absolute atomic E-state index is 0.163. The number of halogens is 9. The van der Waals surface area contributed by atoms with E-state index in [9.17, 15) is 44.3 Å². The zero-order valence-corrected chi connectivity index (χ0v) is 23.1. The van der Waals surface area contributed by atoms with Crippen molar-refractivity contribution in [2.24, 2.45) is 11.3 Å². The van der Waals surface area contributed by atoms with Crippen LogP contribution in [0.1, 0.15) is 12.1 Å². The second-order valence-corrected chi connectivity index (χ2v) is 9.25. The summed E-state index contributed by atoms with van der Waals surface area (Å²) in [7, 11) is 0. The summed E-state index contributed by atoms with van der Waals surface area (Å²) in [5.74, 6) is -7.18. The van der Waals surface area contributed by atoms with E-state index in [0.717, 1.165) is 37.5 Å². The molecule has 2 atom stereocenters. The monoisotopic (exact) mass is 680 g/mol. The lowest BCUT2D eigenvalue weighted by Crippen LogP contribution is -2.40. The summed E-state index contributed by atoms with van der Waals surface area (Å²) in [4.78, 5) is 50.1. The first-order chi connectivity index (χ1) is 21.1. The largest absolute Gasteiger partial charge is 0.492 e. The number of hydrogen-bond donors (Lipinski definition) is 4. The number of alkyl halides is 9. The smallest absolute Gasteiger partial charge is 0.490 e. The van der Waals surface area contributed by atoms with Crippen molar-refractivity contribution in [1.29, 1.82) is 0 Å². The van der Waals surface area contributed by atoms with E-state index in [1.54, 1.807) is 12.4 Å². The molecule has 0 saturated carbocycles. The van der Waals surface area contributed by atoms with Gasteiger partial charge in [0.1, 0.15) is 5.75 Å². The van der Waals surface area contributed by atoms with Crippen LogP contribution in [0.2, 0.25) is 0 Å². The van der Waals surface area contributed by atoms with Gasteiger partial charge in [0, 0.05) is 37.9 Å². The van der Waals surface area contributed by atoms with Crippen molar-refractivity contribution < 1.29 is 78.7 Å². The van der Waals surface area contributed by atoms with Crippen molar-refractivity contribution in [3.63, 3.8) is 0 Å². The number of nitrogens with zero attached hydrogens (tertiary/aromatic N) is 3. The lowest BCUT2D eigenvalue weighted by atomic mass is 9.77. The molecule has 2 aromatic rings. The number of pyridine rings is 2. The molecule has 0 bridgehead atoms. The van der Waals surface area contributed by atoms with Gasteiger partial charge in [-0.2, -0.15) is 39.5 Å². The summed E-state index contributed by atoms with van der Waals surface area (Å²) >= 11 is 0. The molecule has 21 heteroatoms. The van der Waals surface area contributed by atoms with Crippen molar-refractivity contribution in [1.82, 2.24) is 20.2 Å². The fourth-order valence-electron chi connectivity index (χ4n) is 3.91. The fraction of sp³-hybridized carbons (Fsp3) is 0.440. The summed E-state index contributed by atoms with van der Waals surface area (Å²) in [6.45, 7) is 3.66. The molecule has 0 aromatic carbocycles. The summed E-state index contributed by atoms with van der Waals surface area (Å²) in [6, 6.07) is 9.70. The molecule has 4 heterocycles. The average molecular weight is 680 g/mol. The van der Waals surface area contributed by atoms with Crippen LogP contribution in [0.15, 0.2) is 48.9 Å². The molecule has 2 aliphatic rings. The molecular formula is C25H25F9N4O8. The first kappa shape index (κ1) is 39.3. The standard InChI is InChI=1S/C19H22N4O2.3C2HF3O2/c24-18-19(6-9-23(14-19)12-16-4-1-2-8-21-16)15(10-22-18)13-25-17-5-3-7-20-11-17;3*3-2(4,5)1(6)7/h1-5,7-8,11,15H,6,9-10,12-14H2,(H,22,24);3*(H,6,7)/t15-,19-;;;/m1.../s1. The molecule has 2 aliphatic heterocycles. The molecule has 0 radical (unpaired) electrons. The van der Waals surface area contributed by atoms with Gasteiger partial charge in [-0.3, -0.25) is 19.7 Å². The molecule has 0 unspecified atom stereocenters. The van der Waals surface area contributed by atoms with Gasteiger partial charge in [-0.1, -0.05) is 6.07 Å². The number of rotatable bonds is 5. The minimum atomic E-state index is -5.08. The summed E-state index contributed by atoms with van der Waals surface area (Å²) in [5.41, 5.74) is 0.692. The summed E-state index contributed by atoms with van der Waals surface area (Å²) < 4.78 is 101. The molecule has 2 fully saturated rings. The van der Waals surface area contributed by atoms with E-state index in [0.29, 0.717) is 13.2 Å². The molecule has 1 spiro atoms. The second-order valence-electron chi connectivity index (χ2n) is 9.25. The third-order valence-electron chi connectivity index (χ3n) is 6.05. The van der Waals surface area contributed by atoms with Gasteiger partial charge in [0.2, 0.25) is 5.91 Å². The predicted molar refractivity (Wildman–Crippen MR) is 134 cm³/mol. The highest BCUT2D eigenvalue weighted by Gasteiger charge is 2.54. The Balaban J connectivity index is 0.000000413. The number of carboxylic acids is 3. The van der Waals surface area contributed by atoms with Crippen molar-refractivity contribution in [3.8, 4) is 5.75 Å². The Labute approximate surface area is 252 Å². The quantitative estimate of drug-likeness (QED) is 0.340. The van der Waals surface area contributed by atoms with Crippen LogP contribution in [0.25, 0.3) is 0 Å². The predicted octanol–water partition coefficient (Wildman–Crippen LogP) is 3.39. The lowest BCUT2D eigenvalue weighted by Gasteiger charge is -2.28. The fourth-order valence-corrected chi connectivity index (χ4v) is 3.91. The highest BCUT2D eigenvalue weighted by Crippen LogP contribution is 2.42. The van der Waals surface area contributed by atoms with E-state index < -0.39 is 36.4 Å². The Bertz CT molecular complexity index is 1240. The van der Waals surface area contributed by atoms with Crippen LogP contribution in [0, 0.1) is 11.3 Å². The van der Waals surface area contributed by atoms with Crippen LogP contribution in [-0.4, -0.2) is 98.8 Å². The molecule has 2 aromatic heterocycles. The lowest BCUT2D eigenvalue weighted by molar-refractivity contribution is -0.193. The average Bonchev–Trinajstić information content (AvgIpc) is 3.51. The van der Waals surface area contributed by atoms with Crippen LogP contribution in [0.4, 0.5) is 39.5 Å². The van der Waals surface area contributed by atoms with Crippen LogP contribution < -0.4 is 10.1 Å². The molecule has 4 N–H and O–H groups in total. The van der Waals surface area contributed by atoms with Gasteiger partial charge in [0.15, 0.2) is 0 Å². The summed E-state index contributed by atoms with van der Waals surface area (Å²) in [5, 5.41) is 24.4. The van der Waals surface area contributed by atoms with Gasteiger partial charge >= 0.3 is 36.4 Å². The molecule has 12 nitrogen and oxygen atoms in total. The van der Waals surface area contributed by atoms with E-state index in [1.165, 1.54) is 0 Å². The Hall–Kier alpha value is -4.69. The molecule has 46 heavy (non-hydrogen) atoms. The minimum Gasteiger partial charge on any atom is -0.492 e. The van der Waals surface area contributed by atoms with E-state index in [2.05, 4.69) is 20.2 Å². The molecular weight excluding hydrogens is 655 g/mol. The van der Waals surface area contributed by atoms with Crippen LogP contribution in [0.3, 0.4) is 0 Å². The van der Waals surface area contributed by atoms with E-state index in [-0.39, 0.29) is 17.2 Å². The molecule has 2 saturated heterocycles. The number of nitrogens with one attached hydrogen (secondary N) is 1. The van der Waals surface area contributed by atoms with E-state index >= 15 is 0 Å². The maximum atomic E-state index is 12.6. The first-order valence-corrected chi connectivity index (χ1v) is 12.4. The number of likely N-dealkylation sites (tertiary alicyclic amines) is 1. The van der Waals surface area contributed by atoms with Gasteiger partial charge < -0.3 is 25.4 Å². The zero-order valence-electron chi connectivity index (χ0n) is 23.1. The van der Waals surface area contributed by atoms with Gasteiger partial charge in [-0.25, -0.2) is 14.4 Å². The van der Waals surface area contributed by atoms with Gasteiger partial charge in [-0.15, -0.1) is 0 Å². The van der Waals surface area contributed by atoms with Gasteiger partial charge in [0.25, 0.3) is 0 Å². The maximum Gasteiger partial charge on any atom is 0.490 e. The third-order valence-corrected chi connectivity index (χ3v) is 6.05. The third kappa shape index (κ3) is 13.1. The highest BCUT2D eigenvalue weighted by atomic mass is 19.4. The SMILES string of the molecule is O=C(O)C(F)(F)F.O=C(O)C(F)(F)F.O=C(O)C(F)(F)F.O=C1NC[C@H](COc2cccnc2)[C@]12CCN(Cc1ccccn1)C2.